The van der Waals surface area contributed by atoms with Gasteiger partial charge in [-0.15, -0.1) is 11.3 Å². The Labute approximate surface area is 157 Å². The van der Waals surface area contributed by atoms with Gasteiger partial charge in [-0.25, -0.2) is 9.97 Å². The normalized spacial score (nSPS) is 18.9. The van der Waals surface area contributed by atoms with Crippen LogP contribution in [-0.4, -0.2) is 26.5 Å². The summed E-state index contributed by atoms with van der Waals surface area (Å²) in [4.78, 5) is 21.2. The summed E-state index contributed by atoms with van der Waals surface area (Å²) in [6.07, 6.45) is 4.63. The second kappa shape index (κ2) is 6.68. The fraction of sp³-hybridized carbons (Fsp3) is 0.350. The molecule has 1 aliphatic carbocycles. The maximum Gasteiger partial charge on any atom is 0.271 e. The number of hydrogen-bond acceptors (Lipinski definition) is 4. The third-order valence-electron chi connectivity index (χ3n) is 4.90. The Morgan fingerprint density at radius 3 is 2.73 bits per heavy atom. The van der Waals surface area contributed by atoms with Gasteiger partial charge in [0.25, 0.3) is 5.91 Å². The van der Waals surface area contributed by atoms with Gasteiger partial charge in [0.05, 0.1) is 6.33 Å². The standard InChI is InChI=1S/C20H22N4OS/c1-12(2)13-4-6-14(7-5-13)20-23-17(10-26-20)19(25)22-16-8-15(16)18-9-21-11-24(18)3/h4-7,9-12,15-16H,8H2,1-3H3,(H,22,25)/t15-,16-/m1/s1. The Balaban J connectivity index is 1.41. The van der Waals surface area contributed by atoms with Gasteiger partial charge >= 0.3 is 0 Å². The van der Waals surface area contributed by atoms with Crippen LogP contribution in [0.15, 0.2) is 42.2 Å². The third-order valence-corrected chi connectivity index (χ3v) is 5.79. The summed E-state index contributed by atoms with van der Waals surface area (Å²) < 4.78 is 2.01. The van der Waals surface area contributed by atoms with Crippen LogP contribution in [0.25, 0.3) is 10.6 Å². The predicted molar refractivity (Wildman–Crippen MR) is 103 cm³/mol. The van der Waals surface area contributed by atoms with Gasteiger partial charge in [-0.2, -0.15) is 0 Å². The Kier molecular flexibility index (Phi) is 4.36. The van der Waals surface area contributed by atoms with E-state index in [1.165, 1.54) is 22.6 Å². The molecule has 0 radical (unpaired) electrons. The zero-order valence-corrected chi connectivity index (χ0v) is 16.0. The molecule has 1 N–H and O–H groups in total. The highest BCUT2D eigenvalue weighted by Gasteiger charge is 2.41. The Bertz CT molecular complexity index is 925. The number of hydrogen-bond donors (Lipinski definition) is 1. The van der Waals surface area contributed by atoms with Gasteiger partial charge in [-0.1, -0.05) is 38.1 Å². The molecule has 2 atom stereocenters. The first kappa shape index (κ1) is 17.0. The molecule has 0 unspecified atom stereocenters. The number of imidazole rings is 1. The van der Waals surface area contributed by atoms with E-state index < -0.39 is 0 Å². The zero-order valence-electron chi connectivity index (χ0n) is 15.1. The van der Waals surface area contributed by atoms with Crippen LogP contribution in [0, 0.1) is 0 Å². The lowest BCUT2D eigenvalue weighted by molar-refractivity contribution is 0.0946. The molecule has 26 heavy (non-hydrogen) atoms. The van der Waals surface area contributed by atoms with E-state index in [1.54, 1.807) is 6.33 Å². The number of nitrogens with one attached hydrogen (secondary N) is 1. The first-order valence-electron chi connectivity index (χ1n) is 8.86. The monoisotopic (exact) mass is 366 g/mol. The van der Waals surface area contributed by atoms with Crippen molar-refractivity contribution >= 4 is 17.2 Å². The number of thiazole rings is 1. The van der Waals surface area contributed by atoms with Gasteiger partial charge in [0.2, 0.25) is 0 Å². The van der Waals surface area contributed by atoms with Crippen molar-refractivity contribution in [3.63, 3.8) is 0 Å². The van der Waals surface area contributed by atoms with Crippen LogP contribution in [0.5, 0.6) is 0 Å². The van der Waals surface area contributed by atoms with Crippen molar-refractivity contribution in [2.24, 2.45) is 7.05 Å². The molecule has 134 valence electrons. The number of nitrogens with zero attached hydrogens (tertiary/aromatic N) is 3. The summed E-state index contributed by atoms with van der Waals surface area (Å²) in [7, 11) is 1.98. The first-order valence-corrected chi connectivity index (χ1v) is 9.74. The second-order valence-electron chi connectivity index (χ2n) is 7.17. The van der Waals surface area contributed by atoms with Crippen molar-refractivity contribution in [3.8, 4) is 10.6 Å². The lowest BCUT2D eigenvalue weighted by Crippen LogP contribution is -2.27. The lowest BCUT2D eigenvalue weighted by Gasteiger charge is -2.05. The van der Waals surface area contributed by atoms with Crippen molar-refractivity contribution in [1.29, 1.82) is 0 Å². The Morgan fingerprint density at radius 2 is 2.08 bits per heavy atom. The second-order valence-corrected chi connectivity index (χ2v) is 8.02. The Hall–Kier alpha value is -2.47. The molecule has 1 aliphatic rings. The minimum Gasteiger partial charge on any atom is -0.347 e. The van der Waals surface area contributed by atoms with Crippen LogP contribution in [0.2, 0.25) is 0 Å². The minimum atomic E-state index is -0.0963. The third kappa shape index (κ3) is 3.29. The van der Waals surface area contributed by atoms with E-state index in [0.717, 1.165) is 17.0 Å². The Morgan fingerprint density at radius 1 is 1.31 bits per heavy atom. The molecule has 5 nitrogen and oxygen atoms in total. The van der Waals surface area contributed by atoms with E-state index in [9.17, 15) is 4.79 Å². The summed E-state index contributed by atoms with van der Waals surface area (Å²) >= 11 is 1.51. The molecular formula is C20H22N4OS. The highest BCUT2D eigenvalue weighted by molar-refractivity contribution is 7.13. The number of carbonyl (C=O) groups is 1. The molecular weight excluding hydrogens is 344 g/mol. The number of aromatic nitrogens is 3. The van der Waals surface area contributed by atoms with Gasteiger partial charge in [0, 0.05) is 41.8 Å². The largest absolute Gasteiger partial charge is 0.347 e. The molecule has 1 fully saturated rings. The summed E-state index contributed by atoms with van der Waals surface area (Å²) in [5.41, 5.74) is 4.02. The van der Waals surface area contributed by atoms with Crippen molar-refractivity contribution in [3.05, 3.63) is 59.1 Å². The van der Waals surface area contributed by atoms with Gasteiger partial charge in [-0.05, 0) is 17.9 Å². The van der Waals surface area contributed by atoms with Crippen LogP contribution in [-0.2, 0) is 7.05 Å². The van der Waals surface area contributed by atoms with Crippen molar-refractivity contribution in [2.45, 2.75) is 38.1 Å². The van der Waals surface area contributed by atoms with E-state index >= 15 is 0 Å². The van der Waals surface area contributed by atoms with Crippen LogP contribution in [0.3, 0.4) is 0 Å². The van der Waals surface area contributed by atoms with E-state index in [-0.39, 0.29) is 11.9 Å². The van der Waals surface area contributed by atoms with Crippen molar-refractivity contribution in [2.75, 3.05) is 0 Å². The molecule has 0 saturated heterocycles. The molecule has 1 aromatic carbocycles. The highest BCUT2D eigenvalue weighted by Crippen LogP contribution is 2.40. The first-order chi connectivity index (χ1) is 12.5. The van der Waals surface area contributed by atoms with Crippen molar-refractivity contribution in [1.82, 2.24) is 19.9 Å². The number of benzene rings is 1. The number of aryl methyl sites for hydroxylation is 1. The van der Waals surface area contributed by atoms with Crippen LogP contribution >= 0.6 is 11.3 Å². The zero-order chi connectivity index (χ0) is 18.3. The van der Waals surface area contributed by atoms with Crippen LogP contribution < -0.4 is 5.32 Å². The average Bonchev–Trinajstić information content (AvgIpc) is 3.03. The molecule has 3 aromatic rings. The minimum absolute atomic E-state index is 0.0963. The predicted octanol–water partition coefficient (Wildman–Crippen LogP) is 3.95. The summed E-state index contributed by atoms with van der Waals surface area (Å²) in [5, 5.41) is 5.80. The smallest absolute Gasteiger partial charge is 0.271 e. The lowest BCUT2D eigenvalue weighted by atomic mass is 10.0. The maximum absolute atomic E-state index is 12.5. The van der Waals surface area contributed by atoms with Crippen LogP contribution in [0.1, 0.15) is 53.8 Å². The fourth-order valence-electron chi connectivity index (χ4n) is 3.17. The van der Waals surface area contributed by atoms with Crippen LogP contribution in [0.4, 0.5) is 0 Å². The number of rotatable bonds is 5. The molecule has 0 bridgehead atoms. The summed E-state index contributed by atoms with van der Waals surface area (Å²) in [6.45, 7) is 4.36. The van der Waals surface area contributed by atoms with E-state index in [1.807, 2.05) is 23.2 Å². The molecule has 6 heteroatoms. The molecule has 1 amide bonds. The quantitative estimate of drug-likeness (QED) is 0.744. The maximum atomic E-state index is 12.5. The van der Waals surface area contributed by atoms with Gasteiger partial charge in [-0.3, -0.25) is 4.79 Å². The number of carbonyl (C=O) groups excluding carboxylic acids is 1. The molecule has 1 saturated carbocycles. The number of amides is 1. The topological polar surface area (TPSA) is 59.8 Å². The molecule has 2 heterocycles. The molecule has 4 rings (SSSR count). The van der Waals surface area contributed by atoms with Gasteiger partial charge in [0.15, 0.2) is 0 Å². The average molecular weight is 366 g/mol. The SMILES string of the molecule is CC(C)c1ccc(-c2nc(C(=O)N[C@@H]3C[C@H]3c3cncn3C)cs2)cc1. The highest BCUT2D eigenvalue weighted by atomic mass is 32.1. The van der Waals surface area contributed by atoms with Gasteiger partial charge in [0.1, 0.15) is 10.7 Å². The summed E-state index contributed by atoms with van der Waals surface area (Å²) in [5.74, 6) is 0.765. The molecule has 2 aromatic heterocycles. The summed E-state index contributed by atoms with van der Waals surface area (Å²) in [6, 6.07) is 8.59. The van der Waals surface area contributed by atoms with E-state index in [4.69, 9.17) is 0 Å². The van der Waals surface area contributed by atoms with Crippen molar-refractivity contribution < 1.29 is 4.79 Å². The molecule has 0 aliphatic heterocycles. The molecule has 0 spiro atoms. The van der Waals surface area contributed by atoms with Gasteiger partial charge < -0.3 is 9.88 Å². The van der Waals surface area contributed by atoms with E-state index in [0.29, 0.717) is 17.5 Å². The fourth-order valence-corrected chi connectivity index (χ4v) is 3.98. The van der Waals surface area contributed by atoms with E-state index in [2.05, 4.69) is 53.4 Å².